The average Bonchev–Trinajstić information content (AvgIpc) is 2.99. The Kier molecular flexibility index (Phi) is 6.03. The fourth-order valence-electron chi connectivity index (χ4n) is 2.22. The summed E-state index contributed by atoms with van der Waals surface area (Å²) in [6.07, 6.45) is 0. The maximum atomic E-state index is 13.6. The lowest BCUT2D eigenvalue weighted by molar-refractivity contribution is -0.122. The Labute approximate surface area is 141 Å². The second kappa shape index (κ2) is 8.01. The van der Waals surface area contributed by atoms with Crippen molar-refractivity contribution in [2.24, 2.45) is 0 Å². The minimum atomic E-state index is -0.376. The van der Waals surface area contributed by atoms with Crippen molar-refractivity contribution in [3.05, 3.63) is 47.4 Å². The number of hydrogen-bond acceptors (Lipinski definition) is 5. The number of benzene rings is 1. The van der Waals surface area contributed by atoms with Gasteiger partial charge in [0.1, 0.15) is 11.9 Å². The van der Waals surface area contributed by atoms with Gasteiger partial charge in [-0.1, -0.05) is 32.0 Å². The van der Waals surface area contributed by atoms with E-state index in [1.54, 1.807) is 37.1 Å². The van der Waals surface area contributed by atoms with Gasteiger partial charge in [-0.3, -0.25) is 9.69 Å². The number of nitrogens with one attached hydrogen (secondary N) is 1. The second-order valence-electron chi connectivity index (χ2n) is 6.19. The van der Waals surface area contributed by atoms with Gasteiger partial charge in [-0.15, -0.1) is 10.2 Å². The molecule has 0 aliphatic carbocycles. The third kappa shape index (κ3) is 4.86. The maximum absolute atomic E-state index is 13.6. The summed E-state index contributed by atoms with van der Waals surface area (Å²) >= 11 is 0. The monoisotopic (exact) mass is 334 g/mol. The number of carbonyl (C=O) groups excluding carboxylic acids is 1. The molecule has 2 aromatic rings. The van der Waals surface area contributed by atoms with Crippen molar-refractivity contribution in [3.8, 4) is 0 Å². The minimum Gasteiger partial charge on any atom is -0.423 e. The molecular formula is C17H23FN4O2. The number of amides is 1. The number of likely N-dealkylation sites (N-methyl/N-ethyl adjacent to an activating group) is 1. The Morgan fingerprint density at radius 1 is 1.25 bits per heavy atom. The zero-order valence-electron chi connectivity index (χ0n) is 14.4. The number of nitrogens with zero attached hydrogens (tertiary/aromatic N) is 3. The fraction of sp³-hybridized carbons (Fsp3) is 0.471. The first kappa shape index (κ1) is 18.1. The molecule has 0 aliphatic rings. The molecule has 1 aromatic carbocycles. The number of hydrogen-bond donors (Lipinski definition) is 1. The topological polar surface area (TPSA) is 71.3 Å². The van der Waals surface area contributed by atoms with Crippen molar-refractivity contribution in [3.63, 3.8) is 0 Å². The van der Waals surface area contributed by atoms with Gasteiger partial charge in [0.2, 0.25) is 17.7 Å². The van der Waals surface area contributed by atoms with Crippen LogP contribution in [-0.2, 0) is 11.3 Å². The molecule has 6 nitrogen and oxygen atoms in total. The highest BCUT2D eigenvalue weighted by Crippen LogP contribution is 2.16. The molecule has 0 bridgehead atoms. The van der Waals surface area contributed by atoms with Gasteiger partial charge < -0.3 is 9.73 Å². The van der Waals surface area contributed by atoms with Crippen LogP contribution in [0.25, 0.3) is 0 Å². The van der Waals surface area contributed by atoms with Gasteiger partial charge in [0, 0.05) is 18.0 Å². The van der Waals surface area contributed by atoms with Gasteiger partial charge in [0.25, 0.3) is 0 Å². The first-order valence-corrected chi connectivity index (χ1v) is 7.91. The standard InChI is InChI=1S/C17H23FN4O2/c1-11(2)16-20-21-17(24-16)12(3)19-15(23)10-22(4)9-13-7-5-6-8-14(13)18/h5-8,11-12H,9-10H2,1-4H3,(H,19,23)/t12-/m1/s1. The molecule has 2 rings (SSSR count). The summed E-state index contributed by atoms with van der Waals surface area (Å²) in [5, 5.41) is 10.7. The van der Waals surface area contributed by atoms with Gasteiger partial charge in [-0.05, 0) is 20.0 Å². The molecule has 1 N–H and O–H groups in total. The van der Waals surface area contributed by atoms with Crippen LogP contribution in [0.4, 0.5) is 4.39 Å². The summed E-state index contributed by atoms with van der Waals surface area (Å²) in [7, 11) is 1.76. The number of halogens is 1. The lowest BCUT2D eigenvalue weighted by atomic mass is 10.2. The fourth-order valence-corrected chi connectivity index (χ4v) is 2.22. The average molecular weight is 334 g/mol. The van der Waals surface area contributed by atoms with Crippen LogP contribution < -0.4 is 5.32 Å². The molecule has 0 fully saturated rings. The van der Waals surface area contributed by atoms with Crippen LogP contribution in [0.5, 0.6) is 0 Å². The van der Waals surface area contributed by atoms with E-state index >= 15 is 0 Å². The Morgan fingerprint density at radius 2 is 1.92 bits per heavy atom. The van der Waals surface area contributed by atoms with Crippen LogP contribution in [0.15, 0.2) is 28.7 Å². The summed E-state index contributed by atoms with van der Waals surface area (Å²) in [6.45, 7) is 6.19. The Bertz CT molecular complexity index is 687. The third-order valence-corrected chi connectivity index (χ3v) is 3.51. The van der Waals surface area contributed by atoms with E-state index in [9.17, 15) is 9.18 Å². The number of aromatic nitrogens is 2. The summed E-state index contributed by atoms with van der Waals surface area (Å²) in [6, 6.07) is 6.16. The molecule has 7 heteroatoms. The van der Waals surface area contributed by atoms with Crippen LogP contribution >= 0.6 is 0 Å². The van der Waals surface area contributed by atoms with E-state index in [0.717, 1.165) is 0 Å². The number of rotatable bonds is 7. The first-order chi connectivity index (χ1) is 11.4. The van der Waals surface area contributed by atoms with Crippen LogP contribution in [0.1, 0.15) is 50.1 Å². The summed E-state index contributed by atoms with van der Waals surface area (Å²) in [5.41, 5.74) is 0.555. The van der Waals surface area contributed by atoms with E-state index in [1.807, 2.05) is 13.8 Å². The molecule has 0 radical (unpaired) electrons. The van der Waals surface area contributed by atoms with Crippen molar-refractivity contribution in [2.75, 3.05) is 13.6 Å². The molecule has 0 spiro atoms. The van der Waals surface area contributed by atoms with Crippen LogP contribution in [0, 0.1) is 5.82 Å². The molecule has 0 saturated heterocycles. The molecule has 0 aliphatic heterocycles. The van der Waals surface area contributed by atoms with Gasteiger partial charge in [0.15, 0.2) is 0 Å². The third-order valence-electron chi connectivity index (χ3n) is 3.51. The highest BCUT2D eigenvalue weighted by Gasteiger charge is 2.18. The Morgan fingerprint density at radius 3 is 2.54 bits per heavy atom. The lowest BCUT2D eigenvalue weighted by Gasteiger charge is -2.18. The predicted octanol–water partition coefficient (Wildman–Crippen LogP) is 2.64. The second-order valence-corrected chi connectivity index (χ2v) is 6.19. The van der Waals surface area contributed by atoms with E-state index in [4.69, 9.17) is 4.42 Å². The predicted molar refractivity (Wildman–Crippen MR) is 87.7 cm³/mol. The minimum absolute atomic E-state index is 0.140. The molecule has 1 amide bonds. The number of carbonyl (C=O) groups is 1. The van der Waals surface area contributed by atoms with Crippen LogP contribution in [-0.4, -0.2) is 34.6 Å². The van der Waals surface area contributed by atoms with Gasteiger partial charge in [-0.2, -0.15) is 0 Å². The Balaban J connectivity index is 1.86. The molecular weight excluding hydrogens is 311 g/mol. The summed E-state index contributed by atoms with van der Waals surface area (Å²) in [4.78, 5) is 13.9. The summed E-state index contributed by atoms with van der Waals surface area (Å²) in [5.74, 6) is 0.600. The lowest BCUT2D eigenvalue weighted by Crippen LogP contribution is -2.36. The van der Waals surface area contributed by atoms with Gasteiger partial charge in [-0.25, -0.2) is 4.39 Å². The molecule has 1 aromatic heterocycles. The molecule has 1 heterocycles. The van der Waals surface area contributed by atoms with E-state index in [-0.39, 0.29) is 30.2 Å². The molecule has 1 atom stereocenters. The zero-order chi connectivity index (χ0) is 17.7. The van der Waals surface area contributed by atoms with Crippen molar-refractivity contribution < 1.29 is 13.6 Å². The van der Waals surface area contributed by atoms with Crippen LogP contribution in [0.2, 0.25) is 0 Å². The van der Waals surface area contributed by atoms with Crippen molar-refractivity contribution in [1.29, 1.82) is 0 Å². The van der Waals surface area contributed by atoms with E-state index in [0.29, 0.717) is 23.9 Å². The van der Waals surface area contributed by atoms with Gasteiger partial charge in [0.05, 0.1) is 6.54 Å². The van der Waals surface area contributed by atoms with Crippen molar-refractivity contribution in [1.82, 2.24) is 20.4 Å². The van der Waals surface area contributed by atoms with E-state index in [1.165, 1.54) is 6.07 Å². The summed E-state index contributed by atoms with van der Waals surface area (Å²) < 4.78 is 19.2. The normalized spacial score (nSPS) is 12.6. The zero-order valence-corrected chi connectivity index (χ0v) is 14.4. The van der Waals surface area contributed by atoms with Crippen molar-refractivity contribution in [2.45, 2.75) is 39.3 Å². The highest BCUT2D eigenvalue weighted by atomic mass is 19.1. The Hall–Kier alpha value is -2.28. The maximum Gasteiger partial charge on any atom is 0.238 e. The quantitative estimate of drug-likeness (QED) is 0.843. The van der Waals surface area contributed by atoms with E-state index in [2.05, 4.69) is 15.5 Å². The smallest absolute Gasteiger partial charge is 0.238 e. The van der Waals surface area contributed by atoms with Crippen LogP contribution in [0.3, 0.4) is 0 Å². The highest BCUT2D eigenvalue weighted by molar-refractivity contribution is 5.78. The van der Waals surface area contributed by atoms with Gasteiger partial charge >= 0.3 is 0 Å². The molecule has 0 unspecified atom stereocenters. The largest absolute Gasteiger partial charge is 0.423 e. The molecule has 130 valence electrons. The van der Waals surface area contributed by atoms with E-state index < -0.39 is 0 Å². The molecule has 0 saturated carbocycles. The SMILES string of the molecule is CC(C)c1nnc([C@@H](C)NC(=O)CN(C)Cc2ccccc2F)o1. The van der Waals surface area contributed by atoms with Crippen molar-refractivity contribution >= 4 is 5.91 Å². The molecule has 24 heavy (non-hydrogen) atoms. The first-order valence-electron chi connectivity index (χ1n) is 7.91.